The van der Waals surface area contributed by atoms with Crippen LogP contribution in [0.2, 0.25) is 0 Å². The van der Waals surface area contributed by atoms with Crippen molar-refractivity contribution >= 4 is 35.3 Å². The Morgan fingerprint density at radius 1 is 1.35 bits per heavy atom. The minimum Gasteiger partial charge on any atom is -0.478 e. The standard InChI is InChI=1S/C11H8N2O3S/c14-9-8(12-11(17)13-9)5-6-2-1-3-7(4-6)10(15)16/h1-5H,(H,15,16)(H2,12,13,14,17). The lowest BCUT2D eigenvalue weighted by atomic mass is 10.1. The number of hydrogen-bond acceptors (Lipinski definition) is 3. The van der Waals surface area contributed by atoms with E-state index in [1.165, 1.54) is 12.1 Å². The van der Waals surface area contributed by atoms with E-state index in [9.17, 15) is 9.59 Å². The molecule has 0 unspecified atom stereocenters. The Morgan fingerprint density at radius 2 is 2.12 bits per heavy atom. The van der Waals surface area contributed by atoms with Crippen molar-refractivity contribution in [1.29, 1.82) is 0 Å². The molecule has 0 radical (unpaired) electrons. The van der Waals surface area contributed by atoms with Crippen LogP contribution >= 0.6 is 12.2 Å². The summed E-state index contributed by atoms with van der Waals surface area (Å²) in [7, 11) is 0. The average molecular weight is 248 g/mol. The van der Waals surface area contributed by atoms with Crippen LogP contribution in [0.3, 0.4) is 0 Å². The van der Waals surface area contributed by atoms with Crippen molar-refractivity contribution in [3.63, 3.8) is 0 Å². The fourth-order valence-electron chi connectivity index (χ4n) is 1.41. The van der Waals surface area contributed by atoms with Gasteiger partial charge < -0.3 is 10.4 Å². The van der Waals surface area contributed by atoms with Gasteiger partial charge in [0, 0.05) is 0 Å². The van der Waals surface area contributed by atoms with Crippen molar-refractivity contribution in [2.45, 2.75) is 0 Å². The molecule has 1 aliphatic heterocycles. The van der Waals surface area contributed by atoms with E-state index in [-0.39, 0.29) is 16.6 Å². The topological polar surface area (TPSA) is 78.4 Å². The highest BCUT2D eigenvalue weighted by atomic mass is 32.1. The maximum Gasteiger partial charge on any atom is 0.335 e. The van der Waals surface area contributed by atoms with Crippen LogP contribution in [0.15, 0.2) is 30.0 Å². The minimum absolute atomic E-state index is 0.167. The first kappa shape index (κ1) is 11.3. The van der Waals surface area contributed by atoms with E-state index in [0.29, 0.717) is 11.3 Å². The van der Waals surface area contributed by atoms with Crippen LogP contribution in [-0.4, -0.2) is 22.1 Å². The fourth-order valence-corrected chi connectivity index (χ4v) is 1.61. The summed E-state index contributed by atoms with van der Waals surface area (Å²) in [6.07, 6.45) is 1.54. The maximum absolute atomic E-state index is 11.4. The summed E-state index contributed by atoms with van der Waals surface area (Å²) in [6.45, 7) is 0. The van der Waals surface area contributed by atoms with Crippen LogP contribution in [0.1, 0.15) is 15.9 Å². The molecule has 6 heteroatoms. The van der Waals surface area contributed by atoms with E-state index >= 15 is 0 Å². The van der Waals surface area contributed by atoms with Gasteiger partial charge in [0.1, 0.15) is 5.70 Å². The molecule has 1 fully saturated rings. The second kappa shape index (κ2) is 4.34. The first-order chi connectivity index (χ1) is 8.06. The Morgan fingerprint density at radius 3 is 2.71 bits per heavy atom. The first-order valence-corrected chi connectivity index (χ1v) is 5.14. The Balaban J connectivity index is 2.33. The van der Waals surface area contributed by atoms with Crippen LogP contribution in [0, 0.1) is 0 Å². The lowest BCUT2D eigenvalue weighted by molar-refractivity contribution is -0.115. The summed E-state index contributed by atoms with van der Waals surface area (Å²) >= 11 is 4.78. The lowest BCUT2D eigenvalue weighted by Gasteiger charge is -1.98. The van der Waals surface area contributed by atoms with Crippen LogP contribution in [0.5, 0.6) is 0 Å². The highest BCUT2D eigenvalue weighted by Gasteiger charge is 2.19. The zero-order valence-corrected chi connectivity index (χ0v) is 9.38. The van der Waals surface area contributed by atoms with Gasteiger partial charge in [-0.1, -0.05) is 12.1 Å². The van der Waals surface area contributed by atoms with E-state index in [4.69, 9.17) is 17.3 Å². The molecule has 0 saturated carbocycles. The molecule has 1 saturated heterocycles. The summed E-state index contributed by atoms with van der Waals surface area (Å²) in [5.74, 6) is -1.33. The quantitative estimate of drug-likeness (QED) is 0.531. The van der Waals surface area contributed by atoms with Gasteiger partial charge in [0.25, 0.3) is 5.91 Å². The number of benzene rings is 1. The monoisotopic (exact) mass is 248 g/mol. The Bertz CT molecular complexity index is 551. The van der Waals surface area contributed by atoms with Gasteiger partial charge in [0.2, 0.25) is 0 Å². The highest BCUT2D eigenvalue weighted by Crippen LogP contribution is 2.10. The second-order valence-corrected chi connectivity index (χ2v) is 3.81. The smallest absolute Gasteiger partial charge is 0.335 e. The molecule has 1 amide bonds. The first-order valence-electron chi connectivity index (χ1n) is 4.73. The molecule has 0 spiro atoms. The van der Waals surface area contributed by atoms with Crippen molar-refractivity contribution in [3.8, 4) is 0 Å². The fraction of sp³-hybridized carbons (Fsp3) is 0. The number of rotatable bonds is 2. The van der Waals surface area contributed by atoms with Gasteiger partial charge >= 0.3 is 5.97 Å². The van der Waals surface area contributed by atoms with Gasteiger partial charge in [-0.05, 0) is 36.0 Å². The van der Waals surface area contributed by atoms with Gasteiger partial charge in [0.15, 0.2) is 5.11 Å². The van der Waals surface area contributed by atoms with Gasteiger partial charge in [-0.2, -0.15) is 0 Å². The molecule has 0 atom stereocenters. The molecule has 1 aromatic carbocycles. The number of carboxylic acid groups (broad SMARTS) is 1. The predicted molar refractivity (Wildman–Crippen MR) is 65.3 cm³/mol. The van der Waals surface area contributed by atoms with E-state index < -0.39 is 5.97 Å². The Labute approximate surface area is 102 Å². The molecule has 1 aromatic rings. The predicted octanol–water partition coefficient (Wildman–Crippen LogP) is 0.730. The van der Waals surface area contributed by atoms with Crippen molar-refractivity contribution in [2.75, 3.05) is 0 Å². The number of carbonyl (C=O) groups is 2. The molecule has 17 heavy (non-hydrogen) atoms. The van der Waals surface area contributed by atoms with Crippen LogP contribution in [0.4, 0.5) is 0 Å². The number of thiocarbonyl (C=S) groups is 1. The Hall–Kier alpha value is -2.21. The molecule has 0 aromatic heterocycles. The zero-order chi connectivity index (χ0) is 12.4. The average Bonchev–Trinajstić information content (AvgIpc) is 2.58. The molecular formula is C11H8N2O3S. The van der Waals surface area contributed by atoms with Gasteiger partial charge in [0.05, 0.1) is 5.56 Å². The third-order valence-electron chi connectivity index (χ3n) is 2.16. The summed E-state index contributed by atoms with van der Waals surface area (Å²) < 4.78 is 0. The van der Waals surface area contributed by atoms with E-state index in [0.717, 1.165) is 0 Å². The van der Waals surface area contributed by atoms with E-state index in [2.05, 4.69) is 10.6 Å². The van der Waals surface area contributed by atoms with Crippen molar-refractivity contribution in [1.82, 2.24) is 10.6 Å². The van der Waals surface area contributed by atoms with Crippen LogP contribution in [0.25, 0.3) is 6.08 Å². The SMILES string of the molecule is O=C1NC(=S)NC1=Cc1cccc(C(=O)O)c1. The molecule has 0 bridgehead atoms. The molecule has 1 aliphatic rings. The van der Waals surface area contributed by atoms with Gasteiger partial charge in [-0.15, -0.1) is 0 Å². The summed E-state index contributed by atoms with van der Waals surface area (Å²) in [5.41, 5.74) is 1.09. The Kier molecular flexibility index (Phi) is 2.88. The van der Waals surface area contributed by atoms with Gasteiger partial charge in [-0.25, -0.2) is 4.79 Å². The number of nitrogens with one attached hydrogen (secondary N) is 2. The van der Waals surface area contributed by atoms with Crippen molar-refractivity contribution < 1.29 is 14.7 Å². The number of carbonyl (C=O) groups excluding carboxylic acids is 1. The third-order valence-corrected chi connectivity index (χ3v) is 2.37. The maximum atomic E-state index is 11.4. The largest absolute Gasteiger partial charge is 0.478 e. The van der Waals surface area contributed by atoms with Crippen molar-refractivity contribution in [2.24, 2.45) is 0 Å². The van der Waals surface area contributed by atoms with Gasteiger partial charge in [-0.3, -0.25) is 10.1 Å². The molecule has 86 valence electrons. The molecule has 1 heterocycles. The molecule has 5 nitrogen and oxygen atoms in total. The normalized spacial score (nSPS) is 16.8. The summed E-state index contributed by atoms with van der Waals surface area (Å²) in [5, 5.41) is 14.2. The molecular weight excluding hydrogens is 240 g/mol. The number of aromatic carboxylic acids is 1. The second-order valence-electron chi connectivity index (χ2n) is 3.40. The minimum atomic E-state index is -1.01. The van der Waals surface area contributed by atoms with Crippen molar-refractivity contribution in [3.05, 3.63) is 41.1 Å². The van der Waals surface area contributed by atoms with Crippen LogP contribution in [-0.2, 0) is 4.79 Å². The summed E-state index contributed by atoms with van der Waals surface area (Å²) in [4.78, 5) is 22.1. The number of hydrogen-bond donors (Lipinski definition) is 3. The molecule has 0 aliphatic carbocycles. The van der Waals surface area contributed by atoms with E-state index in [1.54, 1.807) is 18.2 Å². The van der Waals surface area contributed by atoms with E-state index in [1.807, 2.05) is 0 Å². The lowest BCUT2D eigenvalue weighted by Crippen LogP contribution is -2.21. The molecule has 2 rings (SSSR count). The zero-order valence-electron chi connectivity index (χ0n) is 8.56. The third kappa shape index (κ3) is 2.48. The number of carboxylic acids is 1. The summed E-state index contributed by atoms with van der Waals surface area (Å²) in [6, 6.07) is 6.28. The van der Waals surface area contributed by atoms with Crippen LogP contribution < -0.4 is 10.6 Å². The highest BCUT2D eigenvalue weighted by molar-refractivity contribution is 7.80. The molecule has 3 N–H and O–H groups in total. The number of amides is 1.